The number of halogens is 1. The molecule has 3 heterocycles. The largest absolute Gasteiger partial charge is 0.363 e. The lowest BCUT2D eigenvalue weighted by Crippen LogP contribution is -2.27. The van der Waals surface area contributed by atoms with Crippen LogP contribution < -0.4 is 4.90 Å². The normalized spacial score (nSPS) is 16.2. The Labute approximate surface area is 149 Å². The Balaban J connectivity index is 1.69. The van der Waals surface area contributed by atoms with Crippen molar-refractivity contribution < 1.29 is 13.7 Å². The Hall–Kier alpha value is -2.78. The first-order chi connectivity index (χ1) is 12.1. The zero-order valence-corrected chi connectivity index (χ0v) is 14.1. The fourth-order valence-corrected chi connectivity index (χ4v) is 3.84. The van der Waals surface area contributed by atoms with E-state index in [0.717, 1.165) is 11.8 Å². The van der Waals surface area contributed by atoms with Gasteiger partial charge in [-0.3, -0.25) is 10.2 Å². The number of aromatic nitrogens is 2. The average Bonchev–Trinajstić information content (AvgIpc) is 3.31. The number of amides is 1. The Morgan fingerprint density at radius 2 is 2.08 bits per heavy atom. The Kier molecular flexibility index (Phi) is 3.94. The molecule has 0 saturated carbocycles. The number of carbonyl (C=O) groups excluding carboxylic acids is 1. The van der Waals surface area contributed by atoms with Crippen molar-refractivity contribution in [1.82, 2.24) is 10.1 Å². The first kappa shape index (κ1) is 15.7. The van der Waals surface area contributed by atoms with E-state index in [0.29, 0.717) is 26.9 Å². The first-order valence-corrected chi connectivity index (χ1v) is 8.75. The van der Waals surface area contributed by atoms with Crippen LogP contribution in [-0.4, -0.2) is 21.2 Å². The van der Waals surface area contributed by atoms with E-state index in [1.165, 1.54) is 34.6 Å². The van der Waals surface area contributed by atoms with Crippen LogP contribution in [0.3, 0.4) is 0 Å². The standard InChI is InChI=1S/C16H9FN4O2S2/c17-11-3-1-9(2-4-11)13-10(8-23-20-13)7-12-14(22)21(15(18)25-12)16-19-5-6-24-16/h1-8,18H. The van der Waals surface area contributed by atoms with Crippen molar-refractivity contribution in [2.45, 2.75) is 0 Å². The summed E-state index contributed by atoms with van der Waals surface area (Å²) in [6, 6.07) is 5.83. The minimum Gasteiger partial charge on any atom is -0.363 e. The zero-order valence-electron chi connectivity index (χ0n) is 12.5. The number of hydrogen-bond acceptors (Lipinski definition) is 7. The van der Waals surface area contributed by atoms with Crippen LogP contribution in [-0.2, 0) is 4.79 Å². The smallest absolute Gasteiger partial charge is 0.273 e. The second-order valence-corrected chi connectivity index (χ2v) is 6.90. The fourth-order valence-electron chi connectivity index (χ4n) is 2.30. The topological polar surface area (TPSA) is 83.1 Å². The third-order valence-corrected chi connectivity index (χ3v) is 5.08. The number of amidine groups is 1. The summed E-state index contributed by atoms with van der Waals surface area (Å²) in [5.41, 5.74) is 1.75. The van der Waals surface area contributed by atoms with Gasteiger partial charge in [-0.25, -0.2) is 14.3 Å². The Morgan fingerprint density at radius 3 is 2.80 bits per heavy atom. The van der Waals surface area contributed by atoms with Gasteiger partial charge in [0.05, 0.1) is 4.91 Å². The van der Waals surface area contributed by atoms with Crippen LogP contribution in [0.2, 0.25) is 0 Å². The van der Waals surface area contributed by atoms with E-state index in [9.17, 15) is 9.18 Å². The molecule has 1 N–H and O–H groups in total. The second kappa shape index (κ2) is 6.26. The van der Waals surface area contributed by atoms with E-state index in [-0.39, 0.29) is 16.9 Å². The number of rotatable bonds is 3. The highest BCUT2D eigenvalue weighted by Gasteiger charge is 2.35. The highest BCUT2D eigenvalue weighted by atomic mass is 32.2. The molecule has 3 aromatic rings. The maximum atomic E-state index is 13.1. The predicted octanol–water partition coefficient (Wildman–Crippen LogP) is 3.99. The van der Waals surface area contributed by atoms with Gasteiger partial charge in [0.1, 0.15) is 17.8 Å². The predicted molar refractivity (Wildman–Crippen MR) is 94.8 cm³/mol. The maximum absolute atomic E-state index is 13.1. The van der Waals surface area contributed by atoms with Crippen molar-refractivity contribution in [3.05, 3.63) is 58.4 Å². The van der Waals surface area contributed by atoms with E-state index >= 15 is 0 Å². The molecule has 1 fully saturated rings. The third kappa shape index (κ3) is 2.87. The minimum atomic E-state index is -0.346. The van der Waals surface area contributed by atoms with Gasteiger partial charge in [-0.05, 0) is 42.1 Å². The van der Waals surface area contributed by atoms with Gasteiger partial charge >= 0.3 is 0 Å². The van der Waals surface area contributed by atoms with Crippen molar-refractivity contribution >= 4 is 45.4 Å². The summed E-state index contributed by atoms with van der Waals surface area (Å²) in [4.78, 5) is 18.3. The van der Waals surface area contributed by atoms with Crippen LogP contribution in [0.5, 0.6) is 0 Å². The van der Waals surface area contributed by atoms with Crippen LogP contribution in [0.25, 0.3) is 17.3 Å². The van der Waals surface area contributed by atoms with Gasteiger partial charge in [0.2, 0.25) is 0 Å². The van der Waals surface area contributed by atoms with E-state index in [4.69, 9.17) is 9.93 Å². The zero-order chi connectivity index (χ0) is 17.4. The van der Waals surface area contributed by atoms with Gasteiger partial charge in [0, 0.05) is 22.7 Å². The number of thiazole rings is 1. The first-order valence-electron chi connectivity index (χ1n) is 7.06. The molecule has 1 aliphatic heterocycles. The molecular formula is C16H9FN4O2S2. The molecule has 124 valence electrons. The quantitative estimate of drug-likeness (QED) is 0.703. The molecular weight excluding hydrogens is 363 g/mol. The number of hydrogen-bond donors (Lipinski definition) is 1. The highest BCUT2D eigenvalue weighted by Crippen LogP contribution is 2.37. The highest BCUT2D eigenvalue weighted by molar-refractivity contribution is 8.19. The summed E-state index contributed by atoms with van der Waals surface area (Å²) in [5.74, 6) is -0.669. The number of carbonyl (C=O) groups is 1. The minimum absolute atomic E-state index is 0.0889. The van der Waals surface area contributed by atoms with Gasteiger partial charge in [-0.15, -0.1) is 11.3 Å². The van der Waals surface area contributed by atoms with Crippen LogP contribution >= 0.6 is 23.1 Å². The molecule has 0 unspecified atom stereocenters. The monoisotopic (exact) mass is 372 g/mol. The number of thioether (sulfide) groups is 1. The number of anilines is 1. The molecule has 1 aromatic carbocycles. The molecule has 0 atom stereocenters. The van der Waals surface area contributed by atoms with Gasteiger partial charge < -0.3 is 4.52 Å². The van der Waals surface area contributed by atoms with Crippen molar-refractivity contribution in [1.29, 1.82) is 5.41 Å². The van der Waals surface area contributed by atoms with E-state index in [1.807, 2.05) is 0 Å². The summed E-state index contributed by atoms with van der Waals surface area (Å²) in [6.45, 7) is 0. The van der Waals surface area contributed by atoms with Crippen molar-refractivity contribution in [3.8, 4) is 11.3 Å². The van der Waals surface area contributed by atoms with Crippen molar-refractivity contribution in [3.63, 3.8) is 0 Å². The lowest BCUT2D eigenvalue weighted by Gasteiger charge is -2.08. The van der Waals surface area contributed by atoms with Gasteiger partial charge in [-0.2, -0.15) is 0 Å². The molecule has 1 amide bonds. The van der Waals surface area contributed by atoms with E-state index in [2.05, 4.69) is 10.1 Å². The molecule has 4 rings (SSSR count). The number of benzene rings is 1. The second-order valence-electron chi connectivity index (χ2n) is 5.00. The lowest BCUT2D eigenvalue weighted by molar-refractivity contribution is -0.113. The van der Waals surface area contributed by atoms with Crippen LogP contribution in [0.1, 0.15) is 5.56 Å². The summed E-state index contributed by atoms with van der Waals surface area (Å²) < 4.78 is 18.1. The van der Waals surface area contributed by atoms with Gasteiger partial charge in [-0.1, -0.05) is 5.16 Å². The van der Waals surface area contributed by atoms with Gasteiger partial charge in [0.25, 0.3) is 5.91 Å². The summed E-state index contributed by atoms with van der Waals surface area (Å²) in [5, 5.41) is 14.2. The van der Waals surface area contributed by atoms with Crippen molar-refractivity contribution in [2.24, 2.45) is 0 Å². The molecule has 9 heteroatoms. The third-order valence-electron chi connectivity index (χ3n) is 3.44. The number of nitrogens with one attached hydrogen (secondary N) is 1. The summed E-state index contributed by atoms with van der Waals surface area (Å²) in [6.07, 6.45) is 4.61. The average molecular weight is 372 g/mol. The molecule has 0 radical (unpaired) electrons. The molecule has 1 saturated heterocycles. The van der Waals surface area contributed by atoms with E-state index in [1.54, 1.807) is 29.8 Å². The fraction of sp³-hybridized carbons (Fsp3) is 0. The summed E-state index contributed by atoms with van der Waals surface area (Å²) >= 11 is 2.33. The van der Waals surface area contributed by atoms with Crippen LogP contribution in [0, 0.1) is 11.2 Å². The molecule has 6 nitrogen and oxygen atoms in total. The lowest BCUT2D eigenvalue weighted by atomic mass is 10.1. The van der Waals surface area contributed by atoms with Crippen LogP contribution in [0.4, 0.5) is 9.52 Å². The molecule has 2 aromatic heterocycles. The molecule has 25 heavy (non-hydrogen) atoms. The number of nitrogens with zero attached hydrogens (tertiary/aromatic N) is 3. The Bertz CT molecular complexity index is 980. The van der Waals surface area contributed by atoms with Gasteiger partial charge in [0.15, 0.2) is 10.3 Å². The molecule has 0 aliphatic carbocycles. The SMILES string of the molecule is N=C1SC(=Cc2conc2-c2ccc(F)cc2)C(=O)N1c1nccs1. The molecule has 0 spiro atoms. The maximum Gasteiger partial charge on any atom is 0.273 e. The molecule has 1 aliphatic rings. The summed E-state index contributed by atoms with van der Waals surface area (Å²) in [7, 11) is 0. The van der Waals surface area contributed by atoms with Crippen LogP contribution in [0.15, 0.2) is 51.5 Å². The Morgan fingerprint density at radius 1 is 1.28 bits per heavy atom. The van der Waals surface area contributed by atoms with Crippen molar-refractivity contribution in [2.75, 3.05) is 4.90 Å². The molecule has 0 bridgehead atoms. The van der Waals surface area contributed by atoms with E-state index < -0.39 is 0 Å².